The Morgan fingerprint density at radius 3 is 2.70 bits per heavy atom. The van der Waals surface area contributed by atoms with E-state index in [1.54, 1.807) is 6.20 Å². The van der Waals surface area contributed by atoms with Crippen LogP contribution in [0.5, 0.6) is 0 Å². The number of hydrogen-bond donors (Lipinski definition) is 2. The van der Waals surface area contributed by atoms with Crippen molar-refractivity contribution in [2.45, 2.75) is 39.2 Å². The summed E-state index contributed by atoms with van der Waals surface area (Å²) >= 11 is 0. The van der Waals surface area contributed by atoms with Gasteiger partial charge in [-0.3, -0.25) is 14.6 Å². The van der Waals surface area contributed by atoms with E-state index in [1.807, 2.05) is 19.1 Å². The van der Waals surface area contributed by atoms with Crippen LogP contribution >= 0.6 is 0 Å². The highest BCUT2D eigenvalue weighted by atomic mass is 16.4. The zero-order valence-corrected chi connectivity index (χ0v) is 11.6. The van der Waals surface area contributed by atoms with Gasteiger partial charge in [0.05, 0.1) is 24.1 Å². The number of nitrogens with one attached hydrogen (secondary N) is 1. The van der Waals surface area contributed by atoms with Crippen molar-refractivity contribution in [1.29, 1.82) is 0 Å². The topological polar surface area (TPSA) is 79.3 Å². The second kappa shape index (κ2) is 6.50. The molecule has 1 aliphatic rings. The average molecular weight is 276 g/mol. The first kappa shape index (κ1) is 14.5. The van der Waals surface area contributed by atoms with Crippen molar-refractivity contribution in [3.8, 4) is 0 Å². The van der Waals surface area contributed by atoms with Crippen LogP contribution in [-0.2, 0) is 16.1 Å². The standard InChI is InChI=1S/C15H20N2O3/c1-10-5-4-8-16-13(10)9-17-14(18)11-6-2-3-7-12(11)15(19)20/h4-5,8,11-12H,2-3,6-7,9H2,1H3,(H,17,18)(H,19,20). The summed E-state index contributed by atoms with van der Waals surface area (Å²) in [6.07, 6.45) is 4.75. The Morgan fingerprint density at radius 1 is 1.35 bits per heavy atom. The predicted molar refractivity (Wildman–Crippen MR) is 73.9 cm³/mol. The lowest BCUT2D eigenvalue weighted by Crippen LogP contribution is -2.39. The van der Waals surface area contributed by atoms with Crippen molar-refractivity contribution in [2.24, 2.45) is 11.8 Å². The highest BCUT2D eigenvalue weighted by Gasteiger charge is 2.35. The van der Waals surface area contributed by atoms with E-state index in [2.05, 4.69) is 10.3 Å². The van der Waals surface area contributed by atoms with E-state index in [9.17, 15) is 14.7 Å². The maximum Gasteiger partial charge on any atom is 0.307 e. The molecule has 1 aliphatic carbocycles. The number of nitrogens with zero attached hydrogens (tertiary/aromatic N) is 1. The van der Waals surface area contributed by atoms with Crippen LogP contribution in [0.15, 0.2) is 18.3 Å². The van der Waals surface area contributed by atoms with Crippen LogP contribution in [0.25, 0.3) is 0 Å². The maximum atomic E-state index is 12.2. The van der Waals surface area contributed by atoms with Gasteiger partial charge in [-0.1, -0.05) is 18.9 Å². The molecule has 0 aromatic carbocycles. The fraction of sp³-hybridized carbons (Fsp3) is 0.533. The van der Waals surface area contributed by atoms with Crippen LogP contribution < -0.4 is 5.32 Å². The van der Waals surface area contributed by atoms with Gasteiger partial charge < -0.3 is 10.4 Å². The van der Waals surface area contributed by atoms with Gasteiger partial charge in [0.2, 0.25) is 5.91 Å². The maximum absolute atomic E-state index is 12.2. The second-order valence-corrected chi connectivity index (χ2v) is 5.32. The number of hydrogen-bond acceptors (Lipinski definition) is 3. The SMILES string of the molecule is Cc1cccnc1CNC(=O)C1CCCCC1C(=O)O. The Labute approximate surface area is 118 Å². The number of carboxylic acid groups (broad SMARTS) is 1. The minimum atomic E-state index is -0.862. The van der Waals surface area contributed by atoms with E-state index in [0.29, 0.717) is 19.4 Å². The van der Waals surface area contributed by atoms with Crippen molar-refractivity contribution >= 4 is 11.9 Å². The third-order valence-corrected chi connectivity index (χ3v) is 3.97. The monoisotopic (exact) mass is 276 g/mol. The summed E-state index contributed by atoms with van der Waals surface area (Å²) in [6.45, 7) is 2.30. The number of aromatic nitrogens is 1. The summed E-state index contributed by atoms with van der Waals surface area (Å²) in [5.74, 6) is -1.99. The zero-order valence-electron chi connectivity index (χ0n) is 11.6. The molecule has 1 heterocycles. The molecular formula is C15H20N2O3. The smallest absolute Gasteiger partial charge is 0.307 e. The largest absolute Gasteiger partial charge is 0.481 e. The molecule has 5 heteroatoms. The van der Waals surface area contributed by atoms with Crippen molar-refractivity contribution in [2.75, 3.05) is 0 Å². The van der Waals surface area contributed by atoms with Gasteiger partial charge in [-0.2, -0.15) is 0 Å². The first-order chi connectivity index (χ1) is 9.59. The molecular weight excluding hydrogens is 256 g/mol. The number of aryl methyl sites for hydroxylation is 1. The molecule has 0 aliphatic heterocycles. The summed E-state index contributed by atoms with van der Waals surface area (Å²) in [5.41, 5.74) is 1.84. The van der Waals surface area contributed by atoms with E-state index < -0.39 is 17.8 Å². The van der Waals surface area contributed by atoms with Crippen molar-refractivity contribution in [3.05, 3.63) is 29.6 Å². The van der Waals surface area contributed by atoms with Gasteiger partial charge in [-0.15, -0.1) is 0 Å². The van der Waals surface area contributed by atoms with Crippen LogP contribution in [0.4, 0.5) is 0 Å². The van der Waals surface area contributed by atoms with E-state index in [0.717, 1.165) is 24.1 Å². The third-order valence-electron chi connectivity index (χ3n) is 3.97. The normalized spacial score (nSPS) is 22.2. The lowest BCUT2D eigenvalue weighted by molar-refractivity contribution is -0.148. The van der Waals surface area contributed by atoms with Crippen LogP contribution in [0.2, 0.25) is 0 Å². The fourth-order valence-electron chi connectivity index (χ4n) is 2.75. The lowest BCUT2D eigenvalue weighted by atomic mass is 9.78. The van der Waals surface area contributed by atoms with Crippen LogP contribution in [-0.4, -0.2) is 22.0 Å². The van der Waals surface area contributed by atoms with E-state index in [1.165, 1.54) is 0 Å². The van der Waals surface area contributed by atoms with Gasteiger partial charge in [0.25, 0.3) is 0 Å². The number of carboxylic acids is 1. The van der Waals surface area contributed by atoms with Crippen molar-refractivity contribution in [3.63, 3.8) is 0 Å². The highest BCUT2D eigenvalue weighted by Crippen LogP contribution is 2.30. The predicted octanol–water partition coefficient (Wildman–Crippen LogP) is 1.90. The number of carbonyl (C=O) groups excluding carboxylic acids is 1. The molecule has 20 heavy (non-hydrogen) atoms. The highest BCUT2D eigenvalue weighted by molar-refractivity contribution is 5.84. The van der Waals surface area contributed by atoms with E-state index >= 15 is 0 Å². The molecule has 5 nitrogen and oxygen atoms in total. The van der Waals surface area contributed by atoms with Gasteiger partial charge in [-0.25, -0.2) is 0 Å². The third kappa shape index (κ3) is 3.35. The molecule has 1 amide bonds. The zero-order chi connectivity index (χ0) is 14.5. The summed E-state index contributed by atoms with van der Waals surface area (Å²) in [4.78, 5) is 27.6. The molecule has 108 valence electrons. The Morgan fingerprint density at radius 2 is 2.05 bits per heavy atom. The summed E-state index contributed by atoms with van der Waals surface area (Å²) in [6, 6.07) is 3.79. The average Bonchev–Trinajstić information content (AvgIpc) is 2.46. The summed E-state index contributed by atoms with van der Waals surface area (Å²) in [7, 11) is 0. The molecule has 1 aromatic heterocycles. The molecule has 0 bridgehead atoms. The number of aliphatic carboxylic acids is 1. The van der Waals surface area contributed by atoms with Crippen LogP contribution in [0.3, 0.4) is 0 Å². The Kier molecular flexibility index (Phi) is 4.71. The Balaban J connectivity index is 1.97. The second-order valence-electron chi connectivity index (χ2n) is 5.32. The van der Waals surface area contributed by atoms with Gasteiger partial charge >= 0.3 is 5.97 Å². The number of rotatable bonds is 4. The minimum absolute atomic E-state index is 0.165. The van der Waals surface area contributed by atoms with Gasteiger partial charge in [0, 0.05) is 6.20 Å². The molecule has 0 radical (unpaired) electrons. The first-order valence-corrected chi connectivity index (χ1v) is 7.00. The van der Waals surface area contributed by atoms with E-state index in [4.69, 9.17) is 0 Å². The molecule has 2 rings (SSSR count). The molecule has 0 saturated heterocycles. The molecule has 1 aromatic rings. The quantitative estimate of drug-likeness (QED) is 0.880. The number of carbonyl (C=O) groups is 2. The van der Waals surface area contributed by atoms with Crippen molar-refractivity contribution in [1.82, 2.24) is 10.3 Å². The lowest BCUT2D eigenvalue weighted by Gasteiger charge is -2.27. The van der Waals surface area contributed by atoms with Crippen LogP contribution in [0.1, 0.15) is 36.9 Å². The molecule has 1 saturated carbocycles. The number of amides is 1. The Bertz CT molecular complexity index is 502. The Hall–Kier alpha value is -1.91. The number of pyridine rings is 1. The summed E-state index contributed by atoms with van der Waals surface area (Å²) < 4.78 is 0. The molecule has 0 spiro atoms. The van der Waals surface area contributed by atoms with Gasteiger partial charge in [0.15, 0.2) is 0 Å². The minimum Gasteiger partial charge on any atom is -0.481 e. The molecule has 1 fully saturated rings. The first-order valence-electron chi connectivity index (χ1n) is 7.00. The van der Waals surface area contributed by atoms with Crippen molar-refractivity contribution < 1.29 is 14.7 Å². The van der Waals surface area contributed by atoms with E-state index in [-0.39, 0.29) is 5.91 Å². The molecule has 2 unspecified atom stereocenters. The fourth-order valence-corrected chi connectivity index (χ4v) is 2.75. The molecule has 2 atom stereocenters. The van der Waals surface area contributed by atoms with Crippen LogP contribution in [0, 0.1) is 18.8 Å². The van der Waals surface area contributed by atoms with Gasteiger partial charge in [0.1, 0.15) is 0 Å². The van der Waals surface area contributed by atoms with Gasteiger partial charge in [-0.05, 0) is 31.4 Å². The molecule has 2 N–H and O–H groups in total. The summed E-state index contributed by atoms with van der Waals surface area (Å²) in [5, 5.41) is 12.0.